The lowest BCUT2D eigenvalue weighted by Crippen LogP contribution is -2.23. The Morgan fingerprint density at radius 1 is 1.29 bits per heavy atom. The second-order valence-corrected chi connectivity index (χ2v) is 6.16. The van der Waals surface area contributed by atoms with Crippen molar-refractivity contribution in [3.8, 4) is 0 Å². The van der Waals surface area contributed by atoms with Crippen molar-refractivity contribution >= 4 is 11.8 Å². The van der Waals surface area contributed by atoms with Crippen molar-refractivity contribution in [2.45, 2.75) is 39.0 Å². The second-order valence-electron chi connectivity index (χ2n) is 4.55. The third kappa shape index (κ3) is 5.09. The smallest absolute Gasteiger partial charge is 0.123 e. The number of rotatable bonds is 6. The molecule has 1 nitrogen and oxygen atoms in total. The molecule has 0 spiro atoms. The summed E-state index contributed by atoms with van der Waals surface area (Å²) in [6.07, 6.45) is 0. The molecule has 0 bridgehead atoms. The first-order chi connectivity index (χ1) is 8.02. The van der Waals surface area contributed by atoms with Crippen LogP contribution in [0.5, 0.6) is 0 Å². The summed E-state index contributed by atoms with van der Waals surface area (Å²) in [4.78, 5) is 0. The highest BCUT2D eigenvalue weighted by atomic mass is 32.2. The van der Waals surface area contributed by atoms with Crippen LogP contribution in [0.3, 0.4) is 0 Å². The molecule has 0 saturated carbocycles. The maximum Gasteiger partial charge on any atom is 0.123 e. The van der Waals surface area contributed by atoms with E-state index in [4.69, 9.17) is 0 Å². The minimum Gasteiger partial charge on any atom is -0.310 e. The minimum atomic E-state index is -0.141. The lowest BCUT2D eigenvalue weighted by Gasteiger charge is -2.19. The Balaban J connectivity index is 2.80. The average molecular weight is 255 g/mol. The van der Waals surface area contributed by atoms with Crippen LogP contribution in [0.4, 0.5) is 4.39 Å². The van der Waals surface area contributed by atoms with E-state index in [0.717, 1.165) is 23.4 Å². The summed E-state index contributed by atoms with van der Waals surface area (Å²) in [7, 11) is 0. The molecule has 1 atom stereocenters. The maximum absolute atomic E-state index is 13.4. The van der Waals surface area contributed by atoms with Crippen LogP contribution < -0.4 is 5.32 Å². The highest BCUT2D eigenvalue weighted by Crippen LogP contribution is 2.22. The molecule has 0 saturated heterocycles. The zero-order valence-corrected chi connectivity index (χ0v) is 11.9. The first-order valence-electron chi connectivity index (χ1n) is 6.15. The molecule has 17 heavy (non-hydrogen) atoms. The van der Waals surface area contributed by atoms with Gasteiger partial charge in [0.25, 0.3) is 0 Å². The monoisotopic (exact) mass is 255 g/mol. The van der Waals surface area contributed by atoms with Crippen LogP contribution in [0.1, 0.15) is 37.9 Å². The zero-order valence-electron chi connectivity index (χ0n) is 11.1. The van der Waals surface area contributed by atoms with Crippen molar-refractivity contribution in [1.82, 2.24) is 5.32 Å². The Labute approximate surface area is 108 Å². The fourth-order valence-corrected chi connectivity index (χ4v) is 2.66. The molecule has 3 heteroatoms. The number of halogens is 1. The molecule has 1 N–H and O–H groups in total. The van der Waals surface area contributed by atoms with Gasteiger partial charge in [0, 0.05) is 11.8 Å². The zero-order chi connectivity index (χ0) is 12.8. The fourth-order valence-electron chi connectivity index (χ4n) is 1.77. The molecular formula is C14H22FNS. The van der Waals surface area contributed by atoms with Gasteiger partial charge in [0.2, 0.25) is 0 Å². The van der Waals surface area contributed by atoms with Gasteiger partial charge < -0.3 is 5.32 Å². The van der Waals surface area contributed by atoms with Gasteiger partial charge >= 0.3 is 0 Å². The minimum absolute atomic E-state index is 0.141. The van der Waals surface area contributed by atoms with Crippen molar-refractivity contribution < 1.29 is 4.39 Å². The van der Waals surface area contributed by atoms with Gasteiger partial charge in [-0.2, -0.15) is 11.8 Å². The standard InChI is InChI=1S/C14H22FNS/c1-5-16-14(9-17-10(2)3)12-6-11(4)7-13(15)8-12/h6-8,10,14,16H,5,9H2,1-4H3. The number of benzene rings is 1. The number of aryl methyl sites for hydroxylation is 1. The fraction of sp³-hybridized carbons (Fsp3) is 0.571. The first kappa shape index (κ1) is 14.5. The Bertz CT molecular complexity index is 332. The van der Waals surface area contributed by atoms with Crippen LogP contribution in [-0.4, -0.2) is 17.5 Å². The van der Waals surface area contributed by atoms with Crippen molar-refractivity contribution in [1.29, 1.82) is 0 Å². The molecule has 96 valence electrons. The van der Waals surface area contributed by atoms with E-state index in [2.05, 4.69) is 32.2 Å². The predicted molar refractivity (Wildman–Crippen MR) is 75.1 cm³/mol. The van der Waals surface area contributed by atoms with Crippen LogP contribution in [0, 0.1) is 12.7 Å². The van der Waals surface area contributed by atoms with E-state index in [1.165, 1.54) is 0 Å². The molecule has 0 radical (unpaired) electrons. The van der Waals surface area contributed by atoms with E-state index >= 15 is 0 Å². The SMILES string of the molecule is CCNC(CSC(C)C)c1cc(C)cc(F)c1. The van der Waals surface area contributed by atoms with Crippen molar-refractivity contribution in [3.63, 3.8) is 0 Å². The Kier molecular flexibility index (Phi) is 6.00. The average Bonchev–Trinajstić information content (AvgIpc) is 2.22. The topological polar surface area (TPSA) is 12.0 Å². The molecule has 0 aliphatic carbocycles. The van der Waals surface area contributed by atoms with Crippen molar-refractivity contribution in [2.24, 2.45) is 0 Å². The Morgan fingerprint density at radius 2 is 2.00 bits per heavy atom. The summed E-state index contributed by atoms with van der Waals surface area (Å²) >= 11 is 1.90. The van der Waals surface area contributed by atoms with Gasteiger partial charge in [-0.25, -0.2) is 4.39 Å². The summed E-state index contributed by atoms with van der Waals surface area (Å²) in [6, 6.07) is 5.52. The molecule has 0 aliphatic heterocycles. The summed E-state index contributed by atoms with van der Waals surface area (Å²) in [5.41, 5.74) is 2.04. The van der Waals surface area contributed by atoms with Crippen LogP contribution in [0.25, 0.3) is 0 Å². The van der Waals surface area contributed by atoms with E-state index in [9.17, 15) is 4.39 Å². The molecular weight excluding hydrogens is 233 g/mol. The number of hydrogen-bond donors (Lipinski definition) is 1. The van der Waals surface area contributed by atoms with Gasteiger partial charge in [0.15, 0.2) is 0 Å². The van der Waals surface area contributed by atoms with Gasteiger partial charge in [-0.15, -0.1) is 0 Å². The molecule has 0 amide bonds. The Hall–Kier alpha value is -0.540. The highest BCUT2D eigenvalue weighted by Gasteiger charge is 2.12. The van der Waals surface area contributed by atoms with Crippen LogP contribution in [0.2, 0.25) is 0 Å². The van der Waals surface area contributed by atoms with E-state index in [0.29, 0.717) is 5.25 Å². The van der Waals surface area contributed by atoms with Gasteiger partial charge in [-0.05, 0) is 42.0 Å². The van der Waals surface area contributed by atoms with E-state index < -0.39 is 0 Å². The lowest BCUT2D eigenvalue weighted by atomic mass is 10.1. The molecule has 1 aromatic rings. The molecule has 0 aromatic heterocycles. The van der Waals surface area contributed by atoms with Crippen LogP contribution in [-0.2, 0) is 0 Å². The summed E-state index contributed by atoms with van der Waals surface area (Å²) in [5, 5.41) is 4.02. The quantitative estimate of drug-likeness (QED) is 0.826. The predicted octanol–water partition coefficient (Wildman–Crippen LogP) is 3.93. The van der Waals surface area contributed by atoms with E-state index in [-0.39, 0.29) is 11.9 Å². The second kappa shape index (κ2) is 7.02. The van der Waals surface area contributed by atoms with Crippen molar-refractivity contribution in [2.75, 3.05) is 12.3 Å². The molecule has 0 fully saturated rings. The van der Waals surface area contributed by atoms with Gasteiger partial charge in [0.1, 0.15) is 5.82 Å². The Morgan fingerprint density at radius 3 is 2.53 bits per heavy atom. The van der Waals surface area contributed by atoms with Gasteiger partial charge in [-0.3, -0.25) is 0 Å². The highest BCUT2D eigenvalue weighted by molar-refractivity contribution is 7.99. The van der Waals surface area contributed by atoms with E-state index in [1.807, 2.05) is 18.7 Å². The number of nitrogens with one attached hydrogen (secondary N) is 1. The van der Waals surface area contributed by atoms with Gasteiger partial charge in [-0.1, -0.05) is 26.8 Å². The summed E-state index contributed by atoms with van der Waals surface area (Å²) in [5.74, 6) is 0.839. The van der Waals surface area contributed by atoms with Crippen LogP contribution in [0.15, 0.2) is 18.2 Å². The number of hydrogen-bond acceptors (Lipinski definition) is 2. The number of thioether (sulfide) groups is 1. The molecule has 1 aromatic carbocycles. The normalized spacial score (nSPS) is 13.1. The molecule has 1 unspecified atom stereocenters. The van der Waals surface area contributed by atoms with Crippen LogP contribution >= 0.6 is 11.8 Å². The molecule has 0 aliphatic rings. The molecule has 0 heterocycles. The van der Waals surface area contributed by atoms with Crippen molar-refractivity contribution in [3.05, 3.63) is 35.1 Å². The summed E-state index contributed by atoms with van der Waals surface area (Å²) in [6.45, 7) is 9.29. The lowest BCUT2D eigenvalue weighted by molar-refractivity contribution is 0.587. The third-order valence-electron chi connectivity index (χ3n) is 2.51. The first-order valence-corrected chi connectivity index (χ1v) is 7.20. The summed E-state index contributed by atoms with van der Waals surface area (Å²) < 4.78 is 13.4. The largest absolute Gasteiger partial charge is 0.310 e. The maximum atomic E-state index is 13.4. The third-order valence-corrected chi connectivity index (χ3v) is 3.71. The van der Waals surface area contributed by atoms with E-state index in [1.54, 1.807) is 12.1 Å². The molecule has 1 rings (SSSR count). The van der Waals surface area contributed by atoms with Gasteiger partial charge in [0.05, 0.1) is 0 Å².